The fraction of sp³-hybridized carbons (Fsp3) is 0.375. The van der Waals surface area contributed by atoms with Gasteiger partial charge in [-0.1, -0.05) is 23.4 Å². The minimum absolute atomic E-state index is 0.00413. The Bertz CT molecular complexity index is 792. The predicted octanol–water partition coefficient (Wildman–Crippen LogP) is 1.88. The van der Waals surface area contributed by atoms with Crippen LogP contribution in [0.4, 0.5) is 13.2 Å². The van der Waals surface area contributed by atoms with Crippen molar-refractivity contribution >= 4 is 11.8 Å². The summed E-state index contributed by atoms with van der Waals surface area (Å²) in [7, 11) is 0. The molecule has 0 bridgehead atoms. The molecule has 2 aromatic rings. The van der Waals surface area contributed by atoms with E-state index in [-0.39, 0.29) is 37.1 Å². The van der Waals surface area contributed by atoms with Crippen molar-refractivity contribution in [2.24, 2.45) is 0 Å². The molecule has 1 atom stereocenters. The molecule has 0 aliphatic carbocycles. The number of carbonyl (C=O) groups is 2. The number of hydrogen-bond donors (Lipinski definition) is 1. The quantitative estimate of drug-likeness (QED) is 0.871. The number of hydrogen-bond acceptors (Lipinski definition) is 5. The lowest BCUT2D eigenvalue weighted by atomic mass is 10.1. The van der Waals surface area contributed by atoms with Gasteiger partial charge in [-0.2, -0.15) is 18.2 Å². The van der Waals surface area contributed by atoms with Gasteiger partial charge in [-0.25, -0.2) is 0 Å². The summed E-state index contributed by atoms with van der Waals surface area (Å²) in [5, 5.41) is 6.32. The first-order valence-corrected chi connectivity index (χ1v) is 7.82. The van der Waals surface area contributed by atoms with Crippen molar-refractivity contribution in [1.82, 2.24) is 20.4 Å². The molecule has 1 saturated heterocycles. The van der Waals surface area contributed by atoms with Crippen molar-refractivity contribution in [2.45, 2.75) is 25.1 Å². The van der Waals surface area contributed by atoms with Gasteiger partial charge in [0.2, 0.25) is 11.8 Å². The fourth-order valence-corrected chi connectivity index (χ4v) is 2.66. The average Bonchev–Trinajstić information content (AvgIpc) is 3.19. The Balaban J connectivity index is 1.57. The van der Waals surface area contributed by atoms with Crippen molar-refractivity contribution in [2.75, 3.05) is 13.1 Å². The van der Waals surface area contributed by atoms with Crippen molar-refractivity contribution in [3.63, 3.8) is 0 Å². The molecule has 1 aliphatic rings. The van der Waals surface area contributed by atoms with E-state index in [4.69, 9.17) is 4.52 Å². The highest BCUT2D eigenvalue weighted by molar-refractivity contribution is 5.93. The highest BCUT2D eigenvalue weighted by atomic mass is 19.4. The Labute approximate surface area is 146 Å². The molecule has 10 heteroatoms. The minimum atomic E-state index is -4.45. The van der Waals surface area contributed by atoms with Crippen LogP contribution in [0.3, 0.4) is 0 Å². The zero-order chi connectivity index (χ0) is 18.7. The van der Waals surface area contributed by atoms with E-state index >= 15 is 0 Å². The van der Waals surface area contributed by atoms with Crippen LogP contribution in [0.15, 0.2) is 34.9 Å². The molecule has 1 unspecified atom stereocenters. The molecule has 1 aromatic carbocycles. The number of carbonyl (C=O) groups excluding carboxylic acids is 2. The van der Waals surface area contributed by atoms with Gasteiger partial charge in [0, 0.05) is 18.5 Å². The van der Waals surface area contributed by atoms with Gasteiger partial charge < -0.3 is 14.7 Å². The first kappa shape index (κ1) is 17.9. The van der Waals surface area contributed by atoms with Gasteiger partial charge >= 0.3 is 6.18 Å². The molecule has 1 fully saturated rings. The Kier molecular flexibility index (Phi) is 4.92. The maximum Gasteiger partial charge on any atom is 0.406 e. The van der Waals surface area contributed by atoms with Crippen LogP contribution >= 0.6 is 0 Å². The van der Waals surface area contributed by atoms with Crippen LogP contribution < -0.4 is 5.32 Å². The summed E-state index contributed by atoms with van der Waals surface area (Å²) in [6.07, 6.45) is -4.57. The van der Waals surface area contributed by atoms with Gasteiger partial charge in [0.1, 0.15) is 6.54 Å². The van der Waals surface area contributed by atoms with E-state index in [1.54, 1.807) is 30.3 Å². The van der Waals surface area contributed by atoms with Crippen molar-refractivity contribution in [3.8, 4) is 0 Å². The van der Waals surface area contributed by atoms with E-state index in [2.05, 4.69) is 15.5 Å². The number of rotatable bonds is 5. The summed E-state index contributed by atoms with van der Waals surface area (Å²) in [6, 6.07) is 8.54. The molecular weight excluding hydrogens is 353 g/mol. The molecule has 138 valence electrons. The number of nitrogens with zero attached hydrogens (tertiary/aromatic N) is 3. The Morgan fingerprint density at radius 1 is 1.31 bits per heavy atom. The monoisotopic (exact) mass is 368 g/mol. The van der Waals surface area contributed by atoms with E-state index in [1.165, 1.54) is 0 Å². The number of nitrogens with one attached hydrogen (secondary N) is 1. The summed E-state index contributed by atoms with van der Waals surface area (Å²) >= 11 is 0. The first-order valence-electron chi connectivity index (χ1n) is 7.82. The Hall–Kier alpha value is -2.91. The third-order valence-corrected chi connectivity index (χ3v) is 3.86. The van der Waals surface area contributed by atoms with Crippen LogP contribution in [-0.4, -0.2) is 46.1 Å². The summed E-state index contributed by atoms with van der Waals surface area (Å²) in [5.74, 6) is -1.23. The summed E-state index contributed by atoms with van der Waals surface area (Å²) in [4.78, 5) is 28.4. The van der Waals surface area contributed by atoms with E-state index in [0.717, 1.165) is 4.90 Å². The summed E-state index contributed by atoms with van der Waals surface area (Å²) < 4.78 is 42.4. The second kappa shape index (κ2) is 7.14. The van der Waals surface area contributed by atoms with Crippen LogP contribution in [0.2, 0.25) is 0 Å². The molecule has 2 amide bonds. The number of aromatic nitrogens is 2. The lowest BCUT2D eigenvalue weighted by Gasteiger charge is -2.17. The smallest absolute Gasteiger partial charge is 0.345 e. The van der Waals surface area contributed by atoms with Gasteiger partial charge in [0.15, 0.2) is 5.82 Å². The molecule has 1 aromatic heterocycles. The lowest BCUT2D eigenvalue weighted by Crippen LogP contribution is -2.35. The Morgan fingerprint density at radius 2 is 2.04 bits per heavy atom. The zero-order valence-electron chi connectivity index (χ0n) is 13.5. The highest BCUT2D eigenvalue weighted by Gasteiger charge is 2.40. The van der Waals surface area contributed by atoms with E-state index in [1.807, 2.05) is 0 Å². The van der Waals surface area contributed by atoms with Gasteiger partial charge in [0.05, 0.1) is 12.5 Å². The molecular formula is C16H15F3N4O3. The van der Waals surface area contributed by atoms with Gasteiger partial charge in [0.25, 0.3) is 5.91 Å². The lowest BCUT2D eigenvalue weighted by molar-refractivity contribution is -0.157. The number of likely N-dealkylation sites (tertiary alicyclic amines) is 1. The van der Waals surface area contributed by atoms with E-state index < -0.39 is 24.5 Å². The van der Waals surface area contributed by atoms with Gasteiger partial charge in [-0.3, -0.25) is 9.59 Å². The van der Waals surface area contributed by atoms with Gasteiger partial charge in [-0.05, 0) is 12.1 Å². The molecule has 0 radical (unpaired) electrons. The first-order chi connectivity index (χ1) is 12.3. The largest absolute Gasteiger partial charge is 0.406 e. The van der Waals surface area contributed by atoms with Crippen LogP contribution in [-0.2, 0) is 11.3 Å². The summed E-state index contributed by atoms with van der Waals surface area (Å²) in [6.45, 7) is -1.42. The normalized spacial score (nSPS) is 17.6. The number of alkyl halides is 3. The molecule has 1 aliphatic heterocycles. The topological polar surface area (TPSA) is 88.3 Å². The van der Waals surface area contributed by atoms with Crippen molar-refractivity contribution in [1.29, 1.82) is 0 Å². The van der Waals surface area contributed by atoms with Crippen molar-refractivity contribution in [3.05, 3.63) is 47.6 Å². The SMILES string of the molecule is O=C(NCc1noc(C2CC(=O)N(CC(F)(F)F)C2)n1)c1ccccc1. The number of halogens is 3. The molecule has 0 saturated carbocycles. The predicted molar refractivity (Wildman–Crippen MR) is 81.9 cm³/mol. The third kappa shape index (κ3) is 4.38. The average molecular weight is 368 g/mol. The molecule has 1 N–H and O–H groups in total. The van der Waals surface area contributed by atoms with Crippen LogP contribution in [0.5, 0.6) is 0 Å². The fourth-order valence-electron chi connectivity index (χ4n) is 2.66. The minimum Gasteiger partial charge on any atom is -0.345 e. The second-order valence-electron chi connectivity index (χ2n) is 5.89. The van der Waals surface area contributed by atoms with Crippen LogP contribution in [0.25, 0.3) is 0 Å². The highest BCUT2D eigenvalue weighted by Crippen LogP contribution is 2.29. The van der Waals surface area contributed by atoms with Crippen LogP contribution in [0.1, 0.15) is 34.4 Å². The molecule has 2 heterocycles. The molecule has 0 spiro atoms. The standard InChI is InChI=1S/C16H15F3N4O3/c17-16(18,19)9-23-8-11(6-13(23)24)15-21-12(22-26-15)7-20-14(25)10-4-2-1-3-5-10/h1-5,11H,6-9H2,(H,20,25). The summed E-state index contributed by atoms with van der Waals surface area (Å²) in [5.41, 5.74) is 0.473. The third-order valence-electron chi connectivity index (χ3n) is 3.86. The zero-order valence-corrected chi connectivity index (χ0v) is 13.5. The number of benzene rings is 1. The van der Waals surface area contributed by atoms with Crippen LogP contribution in [0, 0.1) is 0 Å². The molecule has 7 nitrogen and oxygen atoms in total. The van der Waals surface area contributed by atoms with E-state index in [0.29, 0.717) is 5.56 Å². The Morgan fingerprint density at radius 3 is 2.73 bits per heavy atom. The van der Waals surface area contributed by atoms with Gasteiger partial charge in [-0.15, -0.1) is 0 Å². The van der Waals surface area contributed by atoms with E-state index in [9.17, 15) is 22.8 Å². The number of amides is 2. The van der Waals surface area contributed by atoms with Crippen molar-refractivity contribution < 1.29 is 27.3 Å². The second-order valence-corrected chi connectivity index (χ2v) is 5.89. The molecule has 3 rings (SSSR count). The molecule has 26 heavy (non-hydrogen) atoms. The maximum absolute atomic E-state index is 12.4. The maximum atomic E-state index is 12.4.